The first-order valence-electron chi connectivity index (χ1n) is 10.7. The third-order valence-corrected chi connectivity index (χ3v) is 7.11. The number of aryl methyl sites for hydroxylation is 1. The molecule has 1 atom stereocenters. The number of anilines is 1. The number of nitrogens with zero attached hydrogens (tertiary/aromatic N) is 2. The fourth-order valence-electron chi connectivity index (χ4n) is 4.01. The van der Waals surface area contributed by atoms with Crippen molar-refractivity contribution in [1.82, 2.24) is 9.72 Å². The molecule has 2 aromatic heterocycles. The molecule has 1 unspecified atom stereocenters. The number of methoxy groups -OCH3 is 1. The van der Waals surface area contributed by atoms with Crippen molar-refractivity contribution < 1.29 is 17.9 Å². The van der Waals surface area contributed by atoms with Crippen LogP contribution < -0.4 is 15.0 Å². The molecule has 0 saturated heterocycles. The van der Waals surface area contributed by atoms with Crippen LogP contribution in [-0.2, 0) is 18.0 Å². The number of hydrogen-bond acceptors (Lipinski definition) is 5. The normalized spacial score (nSPS) is 12.0. The summed E-state index contributed by atoms with van der Waals surface area (Å²) in [5, 5.41) is 5.10. The van der Waals surface area contributed by atoms with Crippen LogP contribution in [0.3, 0.4) is 0 Å². The lowest BCUT2D eigenvalue weighted by molar-refractivity contribution is 0.416. The first-order chi connectivity index (χ1) is 17.4. The molecule has 0 amide bonds. The molecule has 0 spiro atoms. The number of benzene rings is 3. The standard InChI is InChI=1S/C26H19ClFN3O4S/c1-31-14-22(20-12-23(27)19(13-24(20)34-2)15-4-3-5-16(28)10-15)18-7-6-17(11-21(18)26(31)32)36(33)30-25-8-9-35-29-25/h3-14H,1-2H3,(H,29,30). The highest BCUT2D eigenvalue weighted by molar-refractivity contribution is 7.86. The van der Waals surface area contributed by atoms with E-state index in [1.54, 1.807) is 61.8 Å². The van der Waals surface area contributed by atoms with E-state index in [1.807, 2.05) is 0 Å². The summed E-state index contributed by atoms with van der Waals surface area (Å²) in [6.45, 7) is 0. The molecule has 5 rings (SSSR count). The lowest BCUT2D eigenvalue weighted by atomic mass is 9.96. The van der Waals surface area contributed by atoms with Gasteiger partial charge in [0, 0.05) is 46.4 Å². The second-order valence-electron chi connectivity index (χ2n) is 7.96. The Morgan fingerprint density at radius 2 is 1.89 bits per heavy atom. The van der Waals surface area contributed by atoms with Crippen LogP contribution in [0.25, 0.3) is 33.0 Å². The molecule has 36 heavy (non-hydrogen) atoms. The van der Waals surface area contributed by atoms with Crippen molar-refractivity contribution in [3.63, 3.8) is 0 Å². The van der Waals surface area contributed by atoms with Gasteiger partial charge in [-0.05, 0) is 47.3 Å². The van der Waals surface area contributed by atoms with Gasteiger partial charge in [-0.15, -0.1) is 0 Å². The number of hydrogen-bond donors (Lipinski definition) is 1. The molecule has 0 saturated carbocycles. The Morgan fingerprint density at radius 1 is 1.06 bits per heavy atom. The molecule has 0 aliphatic heterocycles. The number of nitrogens with one attached hydrogen (secondary N) is 1. The first-order valence-corrected chi connectivity index (χ1v) is 12.2. The van der Waals surface area contributed by atoms with E-state index in [2.05, 4.69) is 9.88 Å². The molecule has 0 aliphatic rings. The molecule has 0 bridgehead atoms. The van der Waals surface area contributed by atoms with E-state index in [0.29, 0.717) is 54.5 Å². The Balaban J connectivity index is 1.65. The van der Waals surface area contributed by atoms with E-state index in [0.717, 1.165) is 0 Å². The third kappa shape index (κ3) is 4.38. The molecular formula is C26H19ClFN3O4S. The molecule has 182 valence electrons. The minimum absolute atomic E-state index is 0.254. The smallest absolute Gasteiger partial charge is 0.258 e. The zero-order valence-corrected chi connectivity index (χ0v) is 20.7. The Labute approximate surface area is 212 Å². The zero-order valence-electron chi connectivity index (χ0n) is 19.1. The van der Waals surface area contributed by atoms with Gasteiger partial charge in [0.2, 0.25) is 0 Å². The second-order valence-corrected chi connectivity index (χ2v) is 9.58. The average molecular weight is 524 g/mol. The Bertz CT molecular complexity index is 1690. The Morgan fingerprint density at radius 3 is 2.61 bits per heavy atom. The van der Waals surface area contributed by atoms with Crippen LogP contribution in [0.5, 0.6) is 5.75 Å². The minimum atomic E-state index is -1.67. The third-order valence-electron chi connectivity index (χ3n) is 5.72. The fourth-order valence-corrected chi connectivity index (χ4v) is 5.11. The molecule has 10 heteroatoms. The van der Waals surface area contributed by atoms with Crippen LogP contribution >= 0.6 is 11.6 Å². The highest BCUT2D eigenvalue weighted by atomic mass is 35.5. The molecule has 0 aliphatic carbocycles. The van der Waals surface area contributed by atoms with Crippen LogP contribution in [0.2, 0.25) is 5.02 Å². The largest absolute Gasteiger partial charge is 0.496 e. The van der Waals surface area contributed by atoms with Crippen molar-refractivity contribution in [2.24, 2.45) is 7.05 Å². The summed E-state index contributed by atoms with van der Waals surface area (Å²) in [5.74, 6) is 0.439. The van der Waals surface area contributed by atoms with Gasteiger partial charge < -0.3 is 13.8 Å². The van der Waals surface area contributed by atoms with Gasteiger partial charge >= 0.3 is 0 Å². The molecular weight excluding hydrogens is 505 g/mol. The Hall–Kier alpha value is -3.95. The van der Waals surface area contributed by atoms with Gasteiger partial charge in [-0.25, -0.2) is 8.60 Å². The number of aromatic nitrogens is 2. The number of fused-ring (bicyclic) bond motifs is 1. The van der Waals surface area contributed by atoms with Crippen molar-refractivity contribution in [3.8, 4) is 28.0 Å². The fraction of sp³-hybridized carbons (Fsp3) is 0.0769. The molecule has 1 N–H and O–H groups in total. The van der Waals surface area contributed by atoms with Crippen LogP contribution in [0, 0.1) is 5.82 Å². The molecule has 3 aromatic carbocycles. The minimum Gasteiger partial charge on any atom is -0.496 e. The first kappa shape index (κ1) is 23.8. The van der Waals surface area contributed by atoms with Crippen LogP contribution in [0.4, 0.5) is 10.2 Å². The number of halogens is 2. The summed E-state index contributed by atoms with van der Waals surface area (Å²) in [6, 6.07) is 16.1. The molecule has 7 nitrogen and oxygen atoms in total. The topological polar surface area (TPSA) is 86.4 Å². The number of pyridine rings is 1. The van der Waals surface area contributed by atoms with Gasteiger partial charge in [-0.3, -0.25) is 9.52 Å². The van der Waals surface area contributed by atoms with Crippen molar-refractivity contribution in [2.45, 2.75) is 4.90 Å². The van der Waals surface area contributed by atoms with Gasteiger partial charge in [0.1, 0.15) is 17.8 Å². The van der Waals surface area contributed by atoms with Crippen LogP contribution in [-0.4, -0.2) is 21.0 Å². The van der Waals surface area contributed by atoms with E-state index < -0.39 is 11.0 Å². The summed E-state index contributed by atoms with van der Waals surface area (Å²) in [6.07, 6.45) is 3.06. The molecule has 2 heterocycles. The summed E-state index contributed by atoms with van der Waals surface area (Å²) in [4.78, 5) is 13.4. The summed E-state index contributed by atoms with van der Waals surface area (Å²) >= 11 is 6.64. The maximum absolute atomic E-state index is 13.8. The highest BCUT2D eigenvalue weighted by Crippen LogP contribution is 2.41. The predicted octanol–water partition coefficient (Wildman–Crippen LogP) is 5.80. The second kappa shape index (κ2) is 9.60. The quantitative estimate of drug-likeness (QED) is 0.304. The van der Waals surface area contributed by atoms with E-state index in [4.69, 9.17) is 20.9 Å². The van der Waals surface area contributed by atoms with E-state index in [1.165, 1.54) is 30.1 Å². The lowest BCUT2D eigenvalue weighted by Gasteiger charge is -2.16. The average Bonchev–Trinajstić information content (AvgIpc) is 3.39. The van der Waals surface area contributed by atoms with Crippen molar-refractivity contribution in [3.05, 3.63) is 94.3 Å². The van der Waals surface area contributed by atoms with Gasteiger partial charge in [0.05, 0.1) is 12.0 Å². The summed E-state index contributed by atoms with van der Waals surface area (Å²) in [5.41, 5.74) is 2.32. The maximum atomic E-state index is 13.8. The van der Waals surface area contributed by atoms with Crippen LogP contribution in [0.15, 0.2) is 87.3 Å². The highest BCUT2D eigenvalue weighted by Gasteiger charge is 2.18. The van der Waals surface area contributed by atoms with Crippen molar-refractivity contribution in [1.29, 1.82) is 0 Å². The predicted molar refractivity (Wildman–Crippen MR) is 138 cm³/mol. The lowest BCUT2D eigenvalue weighted by Crippen LogP contribution is -2.17. The molecule has 0 fully saturated rings. The number of ether oxygens (including phenoxy) is 1. The summed E-state index contributed by atoms with van der Waals surface area (Å²) < 4.78 is 41.2. The van der Waals surface area contributed by atoms with Gasteiger partial charge in [0.25, 0.3) is 5.56 Å². The van der Waals surface area contributed by atoms with Gasteiger partial charge in [-0.2, -0.15) is 0 Å². The summed E-state index contributed by atoms with van der Waals surface area (Å²) in [7, 11) is 1.50. The van der Waals surface area contributed by atoms with E-state index >= 15 is 0 Å². The van der Waals surface area contributed by atoms with Crippen LogP contribution in [0.1, 0.15) is 0 Å². The molecule has 0 radical (unpaired) electrons. The van der Waals surface area contributed by atoms with Gasteiger partial charge in [-0.1, -0.05) is 35.0 Å². The van der Waals surface area contributed by atoms with Crippen molar-refractivity contribution >= 4 is 39.2 Å². The monoisotopic (exact) mass is 523 g/mol. The zero-order chi connectivity index (χ0) is 25.4. The Kier molecular flexibility index (Phi) is 6.34. The van der Waals surface area contributed by atoms with Gasteiger partial charge in [0.15, 0.2) is 16.8 Å². The van der Waals surface area contributed by atoms with E-state index in [-0.39, 0.29) is 11.4 Å². The van der Waals surface area contributed by atoms with E-state index in [9.17, 15) is 13.4 Å². The maximum Gasteiger partial charge on any atom is 0.258 e. The van der Waals surface area contributed by atoms with Crippen molar-refractivity contribution in [2.75, 3.05) is 11.8 Å². The molecule has 5 aromatic rings. The SMILES string of the molecule is COc1cc(-c2cccc(F)c2)c(Cl)cc1-c1cn(C)c(=O)c2cc(S(=O)Nc3ccon3)ccc12. The number of rotatable bonds is 6.